The minimum Gasteiger partial charge on any atom is -0.341 e. The Morgan fingerprint density at radius 2 is 2.00 bits per heavy atom. The van der Waals surface area contributed by atoms with E-state index in [2.05, 4.69) is 9.97 Å². The molecule has 17 heavy (non-hydrogen) atoms. The van der Waals surface area contributed by atoms with Gasteiger partial charge in [-0.15, -0.1) is 0 Å². The number of aromatic nitrogens is 2. The minimum atomic E-state index is -3.25. The second-order valence-corrected chi connectivity index (χ2v) is 7.48. The molecule has 0 fully saturated rings. The molecule has 2 aromatic rings. The molecule has 0 unspecified atom stereocenters. The van der Waals surface area contributed by atoms with Crippen LogP contribution >= 0.6 is 11.6 Å². The zero-order valence-corrected chi connectivity index (χ0v) is 11.4. The van der Waals surface area contributed by atoms with Gasteiger partial charge in [-0.2, -0.15) is 0 Å². The third-order valence-electron chi connectivity index (χ3n) is 2.96. The molecule has 1 aromatic heterocycles. The maximum atomic E-state index is 11.7. The lowest BCUT2D eigenvalue weighted by Crippen LogP contribution is -2.29. The fraction of sp³-hybridized carbons (Fsp3) is 0.364. The topological polar surface area (TPSA) is 62.8 Å². The number of hydrogen-bond acceptors (Lipinski definition) is 3. The van der Waals surface area contributed by atoms with Gasteiger partial charge in [-0.3, -0.25) is 0 Å². The van der Waals surface area contributed by atoms with Crippen LogP contribution < -0.4 is 0 Å². The summed E-state index contributed by atoms with van der Waals surface area (Å²) in [6, 6.07) is 5.33. The van der Waals surface area contributed by atoms with Gasteiger partial charge in [-0.1, -0.05) is 17.7 Å². The van der Waals surface area contributed by atoms with Crippen molar-refractivity contribution in [3.05, 3.63) is 29.0 Å². The van der Waals surface area contributed by atoms with Crippen molar-refractivity contribution in [2.24, 2.45) is 0 Å². The summed E-state index contributed by atoms with van der Waals surface area (Å²) in [5.41, 5.74) is 1.34. The van der Waals surface area contributed by atoms with Crippen molar-refractivity contribution < 1.29 is 8.42 Å². The van der Waals surface area contributed by atoms with Gasteiger partial charge in [0, 0.05) is 6.26 Å². The number of nitrogens with zero attached hydrogens (tertiary/aromatic N) is 1. The lowest BCUT2D eigenvalue weighted by atomic mass is 10.2. The fourth-order valence-corrected chi connectivity index (χ4v) is 2.12. The Kier molecular flexibility index (Phi) is 2.71. The third-order valence-corrected chi connectivity index (χ3v) is 5.31. The molecule has 0 amide bonds. The molecule has 6 heteroatoms. The summed E-state index contributed by atoms with van der Waals surface area (Å²) in [7, 11) is -3.25. The first kappa shape index (κ1) is 12.4. The van der Waals surface area contributed by atoms with E-state index in [-0.39, 0.29) is 0 Å². The van der Waals surface area contributed by atoms with Gasteiger partial charge in [0.05, 0.1) is 10.5 Å². The second-order valence-electron chi connectivity index (χ2n) is 4.50. The van der Waals surface area contributed by atoms with Gasteiger partial charge in [0.15, 0.2) is 9.84 Å². The van der Waals surface area contributed by atoms with Crippen molar-refractivity contribution in [1.82, 2.24) is 9.97 Å². The molecule has 0 saturated carbocycles. The Labute approximate surface area is 105 Å². The summed E-state index contributed by atoms with van der Waals surface area (Å²) < 4.78 is 22.4. The summed E-state index contributed by atoms with van der Waals surface area (Å²) in [4.78, 5) is 7.29. The SMILES string of the molecule is CC(C)(c1nc2c(Cl)cccc2[nH]1)S(C)(=O)=O. The van der Waals surface area contributed by atoms with E-state index < -0.39 is 14.6 Å². The van der Waals surface area contributed by atoms with Crippen molar-refractivity contribution in [1.29, 1.82) is 0 Å². The van der Waals surface area contributed by atoms with E-state index in [0.29, 0.717) is 16.4 Å². The first-order valence-electron chi connectivity index (χ1n) is 5.08. The molecular weight excluding hydrogens is 260 g/mol. The minimum absolute atomic E-state index is 0.406. The van der Waals surface area contributed by atoms with Gasteiger partial charge >= 0.3 is 0 Å². The highest BCUT2D eigenvalue weighted by molar-refractivity contribution is 7.91. The van der Waals surface area contributed by atoms with Crippen molar-refractivity contribution in [2.45, 2.75) is 18.6 Å². The number of fused-ring (bicyclic) bond motifs is 1. The number of para-hydroxylation sites is 1. The number of benzene rings is 1. The van der Waals surface area contributed by atoms with E-state index in [4.69, 9.17) is 11.6 Å². The standard InChI is InChI=1S/C11H13ClN2O2S/c1-11(2,17(3,15)16)10-13-8-6-4-5-7(12)9(8)14-10/h4-6H,1-3H3,(H,13,14). The van der Waals surface area contributed by atoms with E-state index in [1.165, 1.54) is 6.26 Å². The van der Waals surface area contributed by atoms with E-state index in [1.807, 2.05) is 6.07 Å². The number of imidazole rings is 1. The van der Waals surface area contributed by atoms with Gasteiger partial charge in [0.1, 0.15) is 16.1 Å². The Balaban J connectivity index is 2.70. The van der Waals surface area contributed by atoms with Gasteiger partial charge < -0.3 is 4.98 Å². The Morgan fingerprint density at radius 3 is 2.53 bits per heavy atom. The summed E-state index contributed by atoms with van der Waals surface area (Å²) >= 11 is 6.00. The number of rotatable bonds is 2. The van der Waals surface area contributed by atoms with E-state index in [9.17, 15) is 8.42 Å². The highest BCUT2D eigenvalue weighted by Gasteiger charge is 2.35. The largest absolute Gasteiger partial charge is 0.341 e. The normalized spacial score (nSPS) is 13.2. The predicted octanol–water partition coefficient (Wildman–Crippen LogP) is 2.50. The third kappa shape index (κ3) is 1.93. The van der Waals surface area contributed by atoms with Gasteiger partial charge in [0.25, 0.3) is 0 Å². The molecule has 0 aliphatic carbocycles. The maximum Gasteiger partial charge on any atom is 0.159 e. The zero-order chi connectivity index (χ0) is 12.8. The molecule has 4 nitrogen and oxygen atoms in total. The van der Waals surface area contributed by atoms with Gasteiger partial charge in [0.2, 0.25) is 0 Å². The first-order valence-corrected chi connectivity index (χ1v) is 7.35. The van der Waals surface area contributed by atoms with Crippen LogP contribution in [0.4, 0.5) is 0 Å². The van der Waals surface area contributed by atoms with Gasteiger partial charge in [-0.25, -0.2) is 13.4 Å². The average molecular weight is 273 g/mol. The summed E-state index contributed by atoms with van der Waals surface area (Å²) in [5, 5.41) is 0.509. The number of halogens is 1. The number of aromatic amines is 1. The Hall–Kier alpha value is -1.07. The summed E-state index contributed by atoms with van der Waals surface area (Å²) in [6.07, 6.45) is 1.20. The number of H-pyrrole nitrogens is 1. The van der Waals surface area contributed by atoms with Crippen molar-refractivity contribution >= 4 is 32.5 Å². The lowest BCUT2D eigenvalue weighted by molar-refractivity contribution is 0.553. The first-order chi connectivity index (χ1) is 7.73. The molecule has 0 aliphatic rings. The Morgan fingerprint density at radius 1 is 1.35 bits per heavy atom. The van der Waals surface area contributed by atoms with Crippen molar-refractivity contribution in [2.75, 3.05) is 6.26 Å². The zero-order valence-electron chi connectivity index (χ0n) is 9.78. The van der Waals surface area contributed by atoms with Crippen LogP contribution in [0.15, 0.2) is 18.2 Å². The number of hydrogen-bond donors (Lipinski definition) is 1. The molecule has 92 valence electrons. The van der Waals surface area contributed by atoms with Crippen molar-refractivity contribution in [3.8, 4) is 0 Å². The smallest absolute Gasteiger partial charge is 0.159 e. The van der Waals surface area contributed by atoms with Crippen LogP contribution in [-0.2, 0) is 14.6 Å². The van der Waals surface area contributed by atoms with Crippen LogP contribution in [0.25, 0.3) is 11.0 Å². The highest BCUT2D eigenvalue weighted by Crippen LogP contribution is 2.30. The lowest BCUT2D eigenvalue weighted by Gasteiger charge is -2.19. The predicted molar refractivity (Wildman–Crippen MR) is 69.0 cm³/mol. The average Bonchev–Trinajstić information content (AvgIpc) is 2.61. The second kappa shape index (κ2) is 3.71. The molecule has 0 saturated heterocycles. The summed E-state index contributed by atoms with van der Waals surface area (Å²) in [6.45, 7) is 3.24. The number of nitrogens with one attached hydrogen (secondary N) is 1. The molecule has 1 heterocycles. The van der Waals surface area contributed by atoms with E-state index in [0.717, 1.165) is 5.52 Å². The quantitative estimate of drug-likeness (QED) is 0.914. The molecule has 0 aliphatic heterocycles. The molecule has 0 radical (unpaired) electrons. The molecule has 2 rings (SSSR count). The van der Waals surface area contributed by atoms with Crippen LogP contribution in [0, 0.1) is 0 Å². The fourth-order valence-electron chi connectivity index (χ4n) is 1.46. The van der Waals surface area contributed by atoms with Crippen LogP contribution in [0.5, 0.6) is 0 Å². The molecule has 0 spiro atoms. The summed E-state index contributed by atoms with van der Waals surface area (Å²) in [5.74, 6) is 0.406. The highest BCUT2D eigenvalue weighted by atomic mass is 35.5. The van der Waals surface area contributed by atoms with E-state index >= 15 is 0 Å². The van der Waals surface area contributed by atoms with Gasteiger partial charge in [-0.05, 0) is 26.0 Å². The van der Waals surface area contributed by atoms with Crippen LogP contribution in [0.2, 0.25) is 5.02 Å². The molecule has 0 atom stereocenters. The van der Waals surface area contributed by atoms with Crippen LogP contribution in [-0.4, -0.2) is 24.6 Å². The molecule has 1 aromatic carbocycles. The molecule has 1 N–H and O–H groups in total. The van der Waals surface area contributed by atoms with E-state index in [1.54, 1.807) is 26.0 Å². The van der Waals surface area contributed by atoms with Crippen LogP contribution in [0.3, 0.4) is 0 Å². The maximum absolute atomic E-state index is 11.7. The molecular formula is C11H13ClN2O2S. The van der Waals surface area contributed by atoms with Crippen LogP contribution in [0.1, 0.15) is 19.7 Å². The monoisotopic (exact) mass is 272 g/mol. The number of sulfone groups is 1. The Bertz CT molecular complexity index is 674. The molecule has 0 bridgehead atoms. The van der Waals surface area contributed by atoms with Crippen molar-refractivity contribution in [3.63, 3.8) is 0 Å².